The summed E-state index contributed by atoms with van der Waals surface area (Å²) in [4.78, 5) is 30.2. The van der Waals surface area contributed by atoms with E-state index >= 15 is 0 Å². The minimum atomic E-state index is -1.07. The Balaban J connectivity index is 1.16. The first-order chi connectivity index (χ1) is 18.9. The number of hydrogen-bond acceptors (Lipinski definition) is 6. The molecule has 0 bridgehead atoms. The molecule has 1 aliphatic heterocycles. The second-order valence-electron chi connectivity index (χ2n) is 10.5. The molecule has 4 aromatic rings. The molecular weight excluding hydrogens is 490 g/mol. The molecule has 1 saturated carbocycles. The number of aromatic nitrogens is 2. The van der Waals surface area contributed by atoms with Gasteiger partial charge in [0.25, 0.3) is 0 Å². The number of anilines is 1. The summed E-state index contributed by atoms with van der Waals surface area (Å²) < 4.78 is 5.82. The number of aryl methyl sites for hydroxylation is 1. The van der Waals surface area contributed by atoms with Gasteiger partial charge in [-0.05, 0) is 62.6 Å². The van der Waals surface area contributed by atoms with Crippen LogP contribution in [0.2, 0.25) is 0 Å². The largest absolute Gasteiger partial charge is 0.478 e. The lowest BCUT2D eigenvalue weighted by atomic mass is 9.95. The number of Topliss-reactive ketones (excluding diaryl/α,β-unsaturated/α-hetero) is 1. The van der Waals surface area contributed by atoms with E-state index in [1.54, 1.807) is 18.3 Å². The highest BCUT2D eigenvalue weighted by atomic mass is 16.5. The highest BCUT2D eigenvalue weighted by Crippen LogP contribution is 2.45. The van der Waals surface area contributed by atoms with Gasteiger partial charge in [0.2, 0.25) is 0 Å². The van der Waals surface area contributed by atoms with Crippen LogP contribution < -0.4 is 4.90 Å². The lowest BCUT2D eigenvalue weighted by Crippen LogP contribution is -2.45. The van der Waals surface area contributed by atoms with Crippen molar-refractivity contribution in [2.45, 2.75) is 32.6 Å². The first kappa shape index (κ1) is 24.8. The van der Waals surface area contributed by atoms with Gasteiger partial charge in [0.05, 0.1) is 23.1 Å². The molecule has 0 spiro atoms. The number of ketones is 1. The molecule has 2 aromatic carbocycles. The Morgan fingerprint density at radius 3 is 2.49 bits per heavy atom. The van der Waals surface area contributed by atoms with E-state index in [0.29, 0.717) is 28.7 Å². The van der Waals surface area contributed by atoms with Crippen LogP contribution in [0.25, 0.3) is 28.6 Å². The van der Waals surface area contributed by atoms with Gasteiger partial charge in [-0.15, -0.1) is 0 Å². The third-order valence-corrected chi connectivity index (χ3v) is 7.54. The standard InChI is InChI=1S/C32H29N3O4/c1-19-5-3-4-6-27(19)30-28(31(39-34-30)22-8-9-22)11-7-21-17-35(18-21)26-10-12-29(33-16-26)24-13-23(20(2)36)14-25(15-24)32(37)38/h3-7,10-16,21-22H,8-9,17-18H2,1-2H3,(H,37,38)/b11-7-. The Bertz CT molecular complexity index is 1560. The van der Waals surface area contributed by atoms with Crippen molar-refractivity contribution in [1.29, 1.82) is 0 Å². The van der Waals surface area contributed by atoms with Crippen molar-refractivity contribution in [2.24, 2.45) is 5.92 Å². The van der Waals surface area contributed by atoms with Crippen LogP contribution in [0.1, 0.15) is 63.3 Å². The molecule has 39 heavy (non-hydrogen) atoms. The molecular formula is C32H29N3O4. The molecule has 7 nitrogen and oxygen atoms in total. The molecule has 0 unspecified atom stereocenters. The molecule has 6 rings (SSSR count). The fourth-order valence-electron chi connectivity index (χ4n) is 5.07. The average molecular weight is 520 g/mol. The van der Waals surface area contributed by atoms with Crippen LogP contribution in [0.4, 0.5) is 5.69 Å². The van der Waals surface area contributed by atoms with Gasteiger partial charge in [-0.25, -0.2) is 4.79 Å². The molecule has 0 atom stereocenters. The normalized spacial score (nSPS) is 15.5. The summed E-state index contributed by atoms with van der Waals surface area (Å²) in [7, 11) is 0. The Morgan fingerprint density at radius 2 is 1.82 bits per heavy atom. The predicted octanol–water partition coefficient (Wildman–Crippen LogP) is 6.64. The van der Waals surface area contributed by atoms with Crippen molar-refractivity contribution >= 4 is 23.5 Å². The van der Waals surface area contributed by atoms with Gasteiger partial charge in [-0.1, -0.05) is 41.6 Å². The maximum atomic E-state index is 11.9. The molecule has 7 heteroatoms. The smallest absolute Gasteiger partial charge is 0.335 e. The van der Waals surface area contributed by atoms with E-state index in [4.69, 9.17) is 4.52 Å². The van der Waals surface area contributed by atoms with Crippen molar-refractivity contribution in [2.75, 3.05) is 18.0 Å². The van der Waals surface area contributed by atoms with Crippen molar-refractivity contribution < 1.29 is 19.2 Å². The minimum Gasteiger partial charge on any atom is -0.478 e. The lowest BCUT2D eigenvalue weighted by Gasteiger charge is -2.39. The van der Waals surface area contributed by atoms with Crippen molar-refractivity contribution in [3.63, 3.8) is 0 Å². The summed E-state index contributed by atoms with van der Waals surface area (Å²) in [6.45, 7) is 5.28. The van der Waals surface area contributed by atoms with E-state index in [1.165, 1.54) is 18.6 Å². The van der Waals surface area contributed by atoms with Gasteiger partial charge >= 0.3 is 5.97 Å². The molecule has 2 aromatic heterocycles. The summed E-state index contributed by atoms with van der Waals surface area (Å²) in [5.41, 5.74) is 6.99. The monoisotopic (exact) mass is 519 g/mol. The van der Waals surface area contributed by atoms with Crippen LogP contribution in [-0.4, -0.2) is 40.1 Å². The van der Waals surface area contributed by atoms with Crippen LogP contribution in [-0.2, 0) is 0 Å². The maximum absolute atomic E-state index is 11.9. The summed E-state index contributed by atoms with van der Waals surface area (Å²) in [6, 6.07) is 16.8. The topological polar surface area (TPSA) is 96.5 Å². The molecule has 1 saturated heterocycles. The third kappa shape index (κ3) is 5.00. The van der Waals surface area contributed by atoms with Gasteiger partial charge < -0.3 is 14.5 Å². The van der Waals surface area contributed by atoms with Gasteiger partial charge in [-0.3, -0.25) is 9.78 Å². The van der Waals surface area contributed by atoms with Crippen molar-refractivity contribution in [3.8, 4) is 22.5 Å². The molecule has 196 valence electrons. The fraction of sp³-hybridized carbons (Fsp3) is 0.250. The van der Waals surface area contributed by atoms with Crippen molar-refractivity contribution in [1.82, 2.24) is 10.1 Å². The van der Waals surface area contributed by atoms with Crippen LogP contribution in [0.15, 0.2) is 71.4 Å². The third-order valence-electron chi connectivity index (χ3n) is 7.54. The van der Waals surface area contributed by atoms with E-state index in [9.17, 15) is 14.7 Å². The number of hydrogen-bond donors (Lipinski definition) is 1. The van der Waals surface area contributed by atoms with E-state index in [0.717, 1.165) is 54.2 Å². The van der Waals surface area contributed by atoms with E-state index < -0.39 is 5.97 Å². The van der Waals surface area contributed by atoms with Crippen LogP contribution in [0.3, 0.4) is 0 Å². The Labute approximate surface area is 226 Å². The molecule has 2 fully saturated rings. The zero-order valence-corrected chi connectivity index (χ0v) is 21.9. The van der Waals surface area contributed by atoms with Gasteiger partial charge in [0.15, 0.2) is 5.78 Å². The SMILES string of the molecule is CC(=O)c1cc(C(=O)O)cc(-c2ccc(N3CC(/C=C\c4c(-c5ccccc5C)noc4C4CC4)C3)cn2)c1. The number of rotatable bonds is 8. The van der Waals surface area contributed by atoms with E-state index in [2.05, 4.69) is 46.2 Å². The number of carbonyl (C=O) groups is 2. The minimum absolute atomic E-state index is 0.0733. The number of carboxylic acid groups (broad SMARTS) is 1. The molecule has 2 aliphatic rings. The second-order valence-corrected chi connectivity index (χ2v) is 10.5. The summed E-state index contributed by atoms with van der Waals surface area (Å²) in [6.07, 6.45) is 8.56. The number of carbonyl (C=O) groups excluding carboxylic acids is 1. The zero-order valence-electron chi connectivity index (χ0n) is 21.9. The number of aromatic carboxylic acids is 1. The summed E-state index contributed by atoms with van der Waals surface area (Å²) >= 11 is 0. The summed E-state index contributed by atoms with van der Waals surface area (Å²) in [5, 5.41) is 13.9. The second kappa shape index (κ2) is 9.98. The van der Waals surface area contributed by atoms with Gasteiger partial charge in [-0.2, -0.15) is 0 Å². The Morgan fingerprint density at radius 1 is 1.05 bits per heavy atom. The van der Waals surface area contributed by atoms with Gasteiger partial charge in [0, 0.05) is 47.2 Å². The summed E-state index contributed by atoms with van der Waals surface area (Å²) in [5.74, 6) is 0.622. The average Bonchev–Trinajstić information content (AvgIpc) is 3.67. The number of carboxylic acids is 1. The molecule has 0 radical (unpaired) electrons. The van der Waals surface area contributed by atoms with Crippen LogP contribution in [0.5, 0.6) is 0 Å². The van der Waals surface area contributed by atoms with Crippen molar-refractivity contribution in [3.05, 3.63) is 94.9 Å². The zero-order chi connectivity index (χ0) is 27.1. The number of pyridine rings is 1. The maximum Gasteiger partial charge on any atom is 0.335 e. The van der Waals surface area contributed by atoms with Crippen LogP contribution >= 0.6 is 0 Å². The number of nitrogens with zero attached hydrogens (tertiary/aromatic N) is 3. The van der Waals surface area contributed by atoms with E-state index in [1.807, 2.05) is 24.3 Å². The first-order valence-electron chi connectivity index (χ1n) is 13.2. The molecule has 0 amide bonds. The first-order valence-corrected chi connectivity index (χ1v) is 13.2. The Hall–Kier alpha value is -4.52. The molecule has 1 N–H and O–H groups in total. The highest BCUT2D eigenvalue weighted by molar-refractivity contribution is 5.99. The van der Waals surface area contributed by atoms with Gasteiger partial charge in [0.1, 0.15) is 11.5 Å². The molecule has 1 aliphatic carbocycles. The number of benzene rings is 2. The lowest BCUT2D eigenvalue weighted by molar-refractivity contribution is 0.0697. The Kier molecular flexibility index (Phi) is 6.35. The molecule has 3 heterocycles. The predicted molar refractivity (Wildman–Crippen MR) is 150 cm³/mol. The van der Waals surface area contributed by atoms with E-state index in [-0.39, 0.29) is 11.3 Å². The highest BCUT2D eigenvalue weighted by Gasteiger charge is 2.32. The fourth-order valence-corrected chi connectivity index (χ4v) is 5.07. The van der Waals surface area contributed by atoms with Crippen LogP contribution in [0, 0.1) is 12.8 Å². The quantitative estimate of drug-likeness (QED) is 0.261.